The molecule has 4 rings (SSSR count). The Morgan fingerprint density at radius 2 is 1.23 bits per heavy atom. The van der Waals surface area contributed by atoms with Crippen molar-refractivity contribution in [2.75, 3.05) is 26.1 Å². The lowest BCUT2D eigenvalue weighted by molar-refractivity contribution is -0.141. The van der Waals surface area contributed by atoms with Crippen LogP contribution in [0, 0.1) is 0 Å². The second-order valence-corrected chi connectivity index (χ2v) is 10.7. The van der Waals surface area contributed by atoms with Crippen LogP contribution in [0.15, 0.2) is 48.5 Å². The van der Waals surface area contributed by atoms with Gasteiger partial charge in [0.15, 0.2) is 18.2 Å². The summed E-state index contributed by atoms with van der Waals surface area (Å²) in [5.41, 5.74) is 0.565. The van der Waals surface area contributed by atoms with Gasteiger partial charge in [-0.2, -0.15) is 0 Å². The number of esters is 2. The normalized spacial score (nSPS) is 10.8. The number of benzene rings is 2. The van der Waals surface area contributed by atoms with Crippen molar-refractivity contribution in [2.45, 2.75) is 25.7 Å². The number of ether oxygens (including phenoxy) is 3. The maximum atomic E-state index is 12.5. The summed E-state index contributed by atoms with van der Waals surface area (Å²) in [5.74, 6) is -1.01. The van der Waals surface area contributed by atoms with Gasteiger partial charge in [-0.05, 0) is 53.2 Å². The molecule has 1 amide bonds. The molecule has 2 heterocycles. The average Bonchev–Trinajstić information content (AvgIpc) is 3.57. The van der Waals surface area contributed by atoms with Crippen molar-refractivity contribution in [2.24, 2.45) is 0 Å². The number of methoxy groups -OCH3 is 2. The van der Waals surface area contributed by atoms with E-state index >= 15 is 0 Å². The molecule has 0 spiro atoms. The molecule has 0 bridgehead atoms. The molecule has 0 aliphatic heterocycles. The molecule has 1 N–H and O–H groups in total. The lowest BCUT2D eigenvalue weighted by Crippen LogP contribution is -2.20. The first-order valence-corrected chi connectivity index (χ1v) is 13.6. The van der Waals surface area contributed by atoms with Crippen molar-refractivity contribution >= 4 is 77.9 Å². The Bertz CT molecular complexity index is 1570. The van der Waals surface area contributed by atoms with Gasteiger partial charge in [0, 0.05) is 27.9 Å². The number of rotatable bonds is 12. The van der Waals surface area contributed by atoms with E-state index in [9.17, 15) is 24.0 Å². The van der Waals surface area contributed by atoms with Crippen molar-refractivity contribution in [1.29, 1.82) is 0 Å². The van der Waals surface area contributed by atoms with Crippen LogP contribution in [0.1, 0.15) is 45.0 Å². The molecule has 0 saturated heterocycles. The Morgan fingerprint density at radius 3 is 1.79 bits per heavy atom. The van der Waals surface area contributed by atoms with Crippen molar-refractivity contribution in [3.8, 4) is 5.75 Å². The third-order valence-corrected chi connectivity index (χ3v) is 8.06. The molecule has 0 unspecified atom stereocenters. The van der Waals surface area contributed by atoms with Gasteiger partial charge in [0.1, 0.15) is 5.75 Å². The van der Waals surface area contributed by atoms with E-state index < -0.39 is 11.9 Å². The molecule has 0 atom stereocenters. The number of hydrogen-bond acceptors (Lipinski definition) is 10. The van der Waals surface area contributed by atoms with Crippen LogP contribution in [0.4, 0.5) is 5.69 Å². The molecule has 0 aliphatic rings. The fourth-order valence-electron chi connectivity index (χ4n) is 3.71. The minimum atomic E-state index is -0.431. The summed E-state index contributed by atoms with van der Waals surface area (Å²) in [4.78, 5) is 60.9. The number of carbonyl (C=O) groups is 5. The summed E-state index contributed by atoms with van der Waals surface area (Å²) in [5, 5.41) is 4.52. The maximum Gasteiger partial charge on any atom is 0.305 e. The monoisotopic (exact) mass is 567 g/mol. The number of fused-ring (bicyclic) bond motifs is 2. The zero-order valence-corrected chi connectivity index (χ0v) is 22.9. The number of amides is 1. The molecule has 39 heavy (non-hydrogen) atoms. The summed E-state index contributed by atoms with van der Waals surface area (Å²) < 4.78 is 16.5. The quantitative estimate of drug-likeness (QED) is 0.178. The topological polar surface area (TPSA) is 125 Å². The molecule has 4 aromatic rings. The van der Waals surface area contributed by atoms with E-state index in [1.54, 1.807) is 36.4 Å². The highest BCUT2D eigenvalue weighted by Gasteiger charge is 2.15. The molecule has 11 heteroatoms. The fraction of sp³-hybridized carbons (Fsp3) is 0.250. The van der Waals surface area contributed by atoms with Gasteiger partial charge in [0.2, 0.25) is 0 Å². The van der Waals surface area contributed by atoms with Crippen LogP contribution >= 0.6 is 22.7 Å². The van der Waals surface area contributed by atoms with Gasteiger partial charge in [-0.15, -0.1) is 22.7 Å². The summed E-state index contributed by atoms with van der Waals surface area (Å²) in [6, 6.07) is 14.2. The number of Topliss-reactive ketones (excluding diaryl/α,β-unsaturated/α-hetero) is 2. The molecule has 0 fully saturated rings. The van der Waals surface area contributed by atoms with E-state index in [2.05, 4.69) is 14.8 Å². The molecular weight excluding hydrogens is 542 g/mol. The molecule has 0 radical (unpaired) electrons. The lowest BCUT2D eigenvalue weighted by Gasteiger charge is -2.08. The highest BCUT2D eigenvalue weighted by molar-refractivity contribution is 7.21. The summed E-state index contributed by atoms with van der Waals surface area (Å²) in [6.45, 7) is -0.221. The van der Waals surface area contributed by atoms with E-state index in [1.807, 2.05) is 12.1 Å². The van der Waals surface area contributed by atoms with E-state index in [4.69, 9.17) is 4.74 Å². The van der Waals surface area contributed by atoms with Gasteiger partial charge in [-0.3, -0.25) is 24.0 Å². The standard InChI is InChI=1S/C28H25NO8S2/c1-35-27(33)9-7-20(30)24-11-16-3-5-18(13-22(16)38-24)29-26(32)15-37-19-6-4-17-12-25(39-23(17)14-19)21(31)8-10-28(34)36-2/h3-6,11-14H,7-10,15H2,1-2H3,(H,29,32). The van der Waals surface area contributed by atoms with E-state index in [-0.39, 0.29) is 49.8 Å². The van der Waals surface area contributed by atoms with Crippen LogP contribution in [-0.4, -0.2) is 50.2 Å². The number of anilines is 1. The third kappa shape index (κ3) is 7.27. The second-order valence-electron chi connectivity index (χ2n) is 8.51. The van der Waals surface area contributed by atoms with Gasteiger partial charge >= 0.3 is 11.9 Å². The third-order valence-electron chi connectivity index (χ3n) is 5.78. The zero-order chi connectivity index (χ0) is 27.9. The summed E-state index contributed by atoms with van der Waals surface area (Å²) >= 11 is 2.59. The predicted molar refractivity (Wildman–Crippen MR) is 149 cm³/mol. The van der Waals surface area contributed by atoms with E-state index in [0.717, 1.165) is 20.2 Å². The molecule has 0 saturated carbocycles. The minimum absolute atomic E-state index is 0.0284. The lowest BCUT2D eigenvalue weighted by atomic mass is 10.1. The van der Waals surface area contributed by atoms with Crippen molar-refractivity contribution in [1.82, 2.24) is 0 Å². The molecule has 2 aromatic heterocycles. The Hall–Kier alpha value is -4.09. The largest absolute Gasteiger partial charge is 0.484 e. The SMILES string of the molecule is COC(=O)CCC(=O)c1cc2ccc(NC(=O)COc3ccc4cc(C(=O)CCC(=O)OC)sc4c3)cc2s1. The van der Waals surface area contributed by atoms with Gasteiger partial charge in [0.05, 0.1) is 36.8 Å². The first-order valence-electron chi connectivity index (χ1n) is 12.0. The number of thiophene rings is 2. The van der Waals surface area contributed by atoms with Gasteiger partial charge in [-0.1, -0.05) is 6.07 Å². The first kappa shape index (κ1) is 27.9. The number of ketones is 2. The van der Waals surface area contributed by atoms with Crippen LogP contribution in [0.5, 0.6) is 5.75 Å². The van der Waals surface area contributed by atoms with E-state index in [0.29, 0.717) is 21.2 Å². The Morgan fingerprint density at radius 1 is 0.692 bits per heavy atom. The predicted octanol–water partition coefficient (Wildman–Crippen LogP) is 5.41. The molecule has 202 valence electrons. The van der Waals surface area contributed by atoms with Crippen LogP contribution in [0.25, 0.3) is 20.2 Å². The number of hydrogen-bond donors (Lipinski definition) is 1. The maximum absolute atomic E-state index is 12.5. The van der Waals surface area contributed by atoms with Gasteiger partial charge < -0.3 is 19.5 Å². The van der Waals surface area contributed by atoms with E-state index in [1.165, 1.54) is 36.9 Å². The Labute approximate surface area is 231 Å². The van der Waals surface area contributed by atoms with Crippen molar-refractivity contribution in [3.05, 3.63) is 58.3 Å². The minimum Gasteiger partial charge on any atom is -0.484 e. The van der Waals surface area contributed by atoms with Crippen LogP contribution in [0.3, 0.4) is 0 Å². The molecule has 9 nitrogen and oxygen atoms in total. The Balaban J connectivity index is 1.33. The fourth-order valence-corrected chi connectivity index (χ4v) is 5.84. The first-order chi connectivity index (χ1) is 18.7. The molecular formula is C28H25NO8S2. The number of carbonyl (C=O) groups excluding carboxylic acids is 5. The van der Waals surface area contributed by atoms with Crippen LogP contribution < -0.4 is 10.1 Å². The van der Waals surface area contributed by atoms with Gasteiger partial charge in [0.25, 0.3) is 5.91 Å². The molecule has 0 aliphatic carbocycles. The molecule has 2 aromatic carbocycles. The van der Waals surface area contributed by atoms with Gasteiger partial charge in [-0.25, -0.2) is 0 Å². The highest BCUT2D eigenvalue weighted by atomic mass is 32.1. The summed E-state index contributed by atoms with van der Waals surface area (Å²) in [7, 11) is 2.57. The van der Waals surface area contributed by atoms with Crippen molar-refractivity contribution in [3.63, 3.8) is 0 Å². The second kappa shape index (κ2) is 12.6. The van der Waals surface area contributed by atoms with Crippen LogP contribution in [0.2, 0.25) is 0 Å². The summed E-state index contributed by atoms with van der Waals surface area (Å²) in [6.07, 6.45) is 0.210. The highest BCUT2D eigenvalue weighted by Crippen LogP contribution is 2.31. The van der Waals surface area contributed by atoms with Crippen molar-refractivity contribution < 1.29 is 38.2 Å². The number of nitrogens with one attached hydrogen (secondary N) is 1. The zero-order valence-electron chi connectivity index (χ0n) is 21.2. The Kier molecular flexibility index (Phi) is 9.05. The smallest absolute Gasteiger partial charge is 0.305 e. The average molecular weight is 568 g/mol. The van der Waals surface area contributed by atoms with Crippen LogP contribution in [-0.2, 0) is 23.9 Å².